The third-order valence-corrected chi connectivity index (χ3v) is 6.28. The zero-order valence-electron chi connectivity index (χ0n) is 28.4. The maximum Gasteiger partial charge on any atom is -0.00135 e. The highest BCUT2D eigenvalue weighted by atomic mass is 14.2. The lowest BCUT2D eigenvalue weighted by Crippen LogP contribution is -2.10. The molecule has 0 bridgehead atoms. The van der Waals surface area contributed by atoms with Crippen molar-refractivity contribution < 1.29 is 0 Å². The fourth-order valence-corrected chi connectivity index (χ4v) is 4.39. The molecule has 0 fully saturated rings. The fraction of sp³-hybridized carbons (Fsp3) is 0.381. The van der Waals surface area contributed by atoms with E-state index in [0.717, 1.165) is 18.8 Å². The smallest absolute Gasteiger partial charge is 0.00135 e. The highest BCUT2D eigenvalue weighted by Gasteiger charge is 2.16. The first-order valence-electron chi connectivity index (χ1n) is 15.6. The zero-order chi connectivity index (χ0) is 31.3. The van der Waals surface area contributed by atoms with E-state index in [1.54, 1.807) is 0 Å². The number of hydrogen-bond acceptors (Lipinski definition) is 0. The van der Waals surface area contributed by atoms with Gasteiger partial charge in [0.05, 0.1) is 0 Å². The van der Waals surface area contributed by atoms with Gasteiger partial charge in [0.1, 0.15) is 0 Å². The van der Waals surface area contributed by atoms with Crippen LogP contribution in [0.3, 0.4) is 0 Å². The van der Waals surface area contributed by atoms with Crippen molar-refractivity contribution in [3.05, 3.63) is 137 Å². The minimum Gasteiger partial charge on any atom is -0.0795 e. The summed E-state index contributed by atoms with van der Waals surface area (Å²) in [5.74, 6) is 0.833. The molecule has 0 saturated heterocycles. The van der Waals surface area contributed by atoms with Crippen LogP contribution in [-0.2, 0) is 18.3 Å². The monoisotopic (exact) mass is 560 g/mol. The molecular formula is C42H56. The third kappa shape index (κ3) is 13.1. The summed E-state index contributed by atoms with van der Waals surface area (Å²) in [4.78, 5) is 0. The van der Waals surface area contributed by atoms with Gasteiger partial charge in [0.15, 0.2) is 0 Å². The van der Waals surface area contributed by atoms with Crippen LogP contribution >= 0.6 is 0 Å². The van der Waals surface area contributed by atoms with Gasteiger partial charge in [-0.25, -0.2) is 0 Å². The molecule has 224 valence electrons. The molecule has 0 heteroatoms. The van der Waals surface area contributed by atoms with Crippen molar-refractivity contribution in [1.82, 2.24) is 0 Å². The van der Waals surface area contributed by atoms with E-state index < -0.39 is 0 Å². The Morgan fingerprint density at radius 1 is 0.571 bits per heavy atom. The van der Waals surface area contributed by atoms with Crippen LogP contribution in [0.5, 0.6) is 0 Å². The van der Waals surface area contributed by atoms with Gasteiger partial charge >= 0.3 is 0 Å². The summed E-state index contributed by atoms with van der Waals surface area (Å²) >= 11 is 0. The van der Waals surface area contributed by atoms with Gasteiger partial charge < -0.3 is 0 Å². The maximum absolute atomic E-state index is 2.25. The molecule has 0 atom stereocenters. The molecule has 4 aromatic carbocycles. The number of allylic oxidation sites excluding steroid dienone is 1. The normalized spacial score (nSPS) is 12.1. The van der Waals surface area contributed by atoms with Gasteiger partial charge in [-0.15, -0.1) is 0 Å². The standard InChI is InChI=1S/C13H10.C11H16.C9H8.C5H12.C4H10/c1-3-7-12-10(5-1)9-11-6-2-4-8-13(11)12;1-9-6-5-7-10(8-9)11(2,3)4;1-2-5-9-7-3-6-8(9)4-1;1-5(2,3)4;1-4(2)3/h1-8H,9H2;5-8H,1-4H3;1-6H,7H2;1-4H3;4H,1-3H3. The van der Waals surface area contributed by atoms with E-state index in [4.69, 9.17) is 0 Å². The van der Waals surface area contributed by atoms with E-state index in [1.807, 2.05) is 0 Å². The summed E-state index contributed by atoms with van der Waals surface area (Å²) in [5, 5.41) is 0. The van der Waals surface area contributed by atoms with Crippen LogP contribution in [0.15, 0.2) is 103 Å². The lowest BCUT2D eigenvalue weighted by atomic mass is 9.86. The molecule has 0 heterocycles. The Morgan fingerprint density at radius 2 is 1.02 bits per heavy atom. The SMILES string of the molecule is C1=Cc2ccccc2C1.CC(C)(C)C.CC(C)C.Cc1cccc(C(C)(C)C)c1.c1ccc2c(c1)Cc1ccccc1-2. The Labute approximate surface area is 258 Å². The molecule has 0 amide bonds. The van der Waals surface area contributed by atoms with Crippen LogP contribution in [0.4, 0.5) is 0 Å². The summed E-state index contributed by atoms with van der Waals surface area (Å²) in [6.07, 6.45) is 6.60. The van der Waals surface area contributed by atoms with Gasteiger partial charge in [-0.05, 0) is 75.5 Å². The Balaban J connectivity index is 0.000000195. The summed E-state index contributed by atoms with van der Waals surface area (Å²) in [7, 11) is 0. The first-order chi connectivity index (χ1) is 19.6. The van der Waals surface area contributed by atoms with Gasteiger partial charge in [0.25, 0.3) is 0 Å². The summed E-state index contributed by atoms with van der Waals surface area (Å²) in [6.45, 7) is 24.1. The van der Waals surface area contributed by atoms with Gasteiger partial charge in [0.2, 0.25) is 0 Å². The quantitative estimate of drug-likeness (QED) is 0.177. The second-order valence-corrected chi connectivity index (χ2v) is 14.6. The van der Waals surface area contributed by atoms with Crippen molar-refractivity contribution in [3.63, 3.8) is 0 Å². The molecule has 0 radical (unpaired) electrons. The van der Waals surface area contributed by atoms with E-state index in [-0.39, 0.29) is 5.41 Å². The number of hydrogen-bond donors (Lipinski definition) is 0. The summed E-state index contributed by atoms with van der Waals surface area (Å²) in [6, 6.07) is 34.5. The summed E-state index contributed by atoms with van der Waals surface area (Å²) < 4.78 is 0. The molecular weight excluding hydrogens is 504 g/mol. The highest BCUT2D eigenvalue weighted by Crippen LogP contribution is 2.35. The lowest BCUT2D eigenvalue weighted by molar-refractivity contribution is 0.469. The van der Waals surface area contributed by atoms with Crippen molar-refractivity contribution in [3.8, 4) is 11.1 Å². The van der Waals surface area contributed by atoms with Crippen molar-refractivity contribution in [1.29, 1.82) is 0 Å². The van der Waals surface area contributed by atoms with Gasteiger partial charge in [-0.2, -0.15) is 0 Å². The minimum atomic E-state index is 0.284. The minimum absolute atomic E-state index is 0.284. The maximum atomic E-state index is 2.25. The number of aryl methyl sites for hydroxylation is 1. The summed E-state index contributed by atoms with van der Waals surface area (Å²) in [5.41, 5.74) is 12.1. The van der Waals surface area contributed by atoms with Crippen molar-refractivity contribution in [2.24, 2.45) is 11.3 Å². The third-order valence-electron chi connectivity index (χ3n) is 6.28. The van der Waals surface area contributed by atoms with Gasteiger partial charge in [-0.3, -0.25) is 0 Å². The van der Waals surface area contributed by atoms with Crippen LogP contribution in [0.25, 0.3) is 17.2 Å². The first kappa shape index (κ1) is 34.8. The second-order valence-electron chi connectivity index (χ2n) is 14.6. The Kier molecular flexibility index (Phi) is 13.5. The van der Waals surface area contributed by atoms with Crippen LogP contribution in [0.1, 0.15) is 103 Å². The largest absolute Gasteiger partial charge is 0.0795 e. The predicted octanol–water partition coefficient (Wildman–Crippen LogP) is 12.5. The fourth-order valence-electron chi connectivity index (χ4n) is 4.39. The predicted molar refractivity (Wildman–Crippen MR) is 189 cm³/mol. The number of benzene rings is 4. The van der Waals surface area contributed by atoms with E-state index in [0.29, 0.717) is 5.41 Å². The van der Waals surface area contributed by atoms with Gasteiger partial charge in [0, 0.05) is 0 Å². The van der Waals surface area contributed by atoms with Crippen molar-refractivity contribution in [2.45, 2.75) is 94.4 Å². The van der Waals surface area contributed by atoms with Crippen molar-refractivity contribution >= 4 is 6.08 Å². The van der Waals surface area contributed by atoms with Crippen LogP contribution < -0.4 is 0 Å². The highest BCUT2D eigenvalue weighted by molar-refractivity contribution is 5.76. The Morgan fingerprint density at radius 3 is 1.45 bits per heavy atom. The Hall–Kier alpha value is -3.38. The average molecular weight is 561 g/mol. The van der Waals surface area contributed by atoms with Crippen LogP contribution in [-0.4, -0.2) is 0 Å². The number of rotatable bonds is 0. The molecule has 2 aliphatic rings. The molecule has 4 aromatic rings. The van der Waals surface area contributed by atoms with Gasteiger partial charge in [-0.1, -0.05) is 184 Å². The molecule has 0 N–H and O–H groups in total. The van der Waals surface area contributed by atoms with Crippen molar-refractivity contribution in [2.75, 3.05) is 0 Å². The molecule has 0 nitrogen and oxygen atoms in total. The lowest BCUT2D eigenvalue weighted by Gasteiger charge is -2.19. The van der Waals surface area contributed by atoms with Crippen LogP contribution in [0.2, 0.25) is 0 Å². The van der Waals surface area contributed by atoms with E-state index in [2.05, 4.69) is 185 Å². The molecule has 0 saturated carbocycles. The molecule has 0 spiro atoms. The molecule has 6 rings (SSSR count). The Bertz CT molecular complexity index is 1330. The molecule has 42 heavy (non-hydrogen) atoms. The van der Waals surface area contributed by atoms with E-state index in [9.17, 15) is 0 Å². The van der Waals surface area contributed by atoms with E-state index >= 15 is 0 Å². The second kappa shape index (κ2) is 16.3. The average Bonchev–Trinajstić information content (AvgIpc) is 3.52. The molecule has 0 aliphatic heterocycles. The zero-order valence-corrected chi connectivity index (χ0v) is 28.4. The molecule has 2 aliphatic carbocycles. The molecule has 0 aromatic heterocycles. The number of fused-ring (bicyclic) bond motifs is 4. The first-order valence-corrected chi connectivity index (χ1v) is 15.6. The topological polar surface area (TPSA) is 0 Å². The van der Waals surface area contributed by atoms with E-state index in [1.165, 1.54) is 44.5 Å². The molecule has 0 unspecified atom stereocenters. The van der Waals surface area contributed by atoms with Crippen LogP contribution in [0, 0.1) is 18.3 Å².